The fourth-order valence-corrected chi connectivity index (χ4v) is 3.08. The molecule has 2 aromatic rings. The van der Waals surface area contributed by atoms with Crippen LogP contribution in [0.2, 0.25) is 0 Å². The quantitative estimate of drug-likeness (QED) is 0.820. The molecule has 5 heteroatoms. The van der Waals surface area contributed by atoms with E-state index >= 15 is 0 Å². The maximum atomic E-state index is 5.50. The van der Waals surface area contributed by atoms with E-state index in [2.05, 4.69) is 28.5 Å². The van der Waals surface area contributed by atoms with Gasteiger partial charge in [-0.05, 0) is 13.8 Å². The molecule has 1 unspecified atom stereocenters. The summed E-state index contributed by atoms with van der Waals surface area (Å²) in [5.74, 6) is 0. The van der Waals surface area contributed by atoms with E-state index in [0.29, 0.717) is 0 Å². The molecule has 1 aliphatic heterocycles. The second-order valence-electron chi connectivity index (χ2n) is 4.13. The minimum absolute atomic E-state index is 0.274. The fourth-order valence-electron chi connectivity index (χ4n) is 2.13. The van der Waals surface area contributed by atoms with E-state index in [1.807, 2.05) is 6.20 Å². The van der Waals surface area contributed by atoms with Crippen molar-refractivity contribution >= 4 is 16.3 Å². The maximum absolute atomic E-state index is 5.50. The number of hydrogen-bond acceptors (Lipinski definition) is 4. The Kier molecular flexibility index (Phi) is 2.46. The molecule has 1 atom stereocenters. The first-order valence-corrected chi connectivity index (χ1v) is 6.33. The van der Waals surface area contributed by atoms with E-state index < -0.39 is 0 Å². The number of hydrogen-bond donors (Lipinski definition) is 1. The van der Waals surface area contributed by atoms with Gasteiger partial charge in [0.2, 0.25) is 0 Å². The van der Waals surface area contributed by atoms with Crippen LogP contribution in [0.5, 0.6) is 0 Å². The van der Waals surface area contributed by atoms with Crippen molar-refractivity contribution < 1.29 is 4.74 Å². The summed E-state index contributed by atoms with van der Waals surface area (Å²) in [4.78, 5) is 6.88. The summed E-state index contributed by atoms with van der Waals surface area (Å²) in [5, 5.41) is 3.47. The van der Waals surface area contributed by atoms with Gasteiger partial charge in [0, 0.05) is 17.1 Å². The van der Waals surface area contributed by atoms with Crippen LogP contribution >= 0.6 is 11.3 Å². The summed E-state index contributed by atoms with van der Waals surface area (Å²) < 4.78 is 7.74. The van der Waals surface area contributed by atoms with Crippen LogP contribution in [0.4, 0.5) is 0 Å². The summed E-state index contributed by atoms with van der Waals surface area (Å²) in [6.45, 7) is 6.75. The number of nitrogens with zero attached hydrogens (tertiary/aromatic N) is 2. The number of morpholine rings is 1. The Hall–Kier alpha value is -0.910. The van der Waals surface area contributed by atoms with Crippen LogP contribution in [0, 0.1) is 13.8 Å². The van der Waals surface area contributed by atoms with Gasteiger partial charge < -0.3 is 10.1 Å². The number of fused-ring (bicyclic) bond motifs is 1. The third-order valence-electron chi connectivity index (χ3n) is 3.12. The molecule has 2 aromatic heterocycles. The Bertz CT molecular complexity index is 510. The standard InChI is InChI=1S/C11H15N3OS/c1-7-8(2)16-11-13-5-10(14(7)11)9-6-15-4-3-12-9/h5,9,12H,3-4,6H2,1-2H3. The van der Waals surface area contributed by atoms with Crippen molar-refractivity contribution in [2.24, 2.45) is 0 Å². The molecule has 1 N–H and O–H groups in total. The second kappa shape index (κ2) is 3.84. The molecule has 3 heterocycles. The largest absolute Gasteiger partial charge is 0.378 e. The van der Waals surface area contributed by atoms with Crippen molar-refractivity contribution in [1.29, 1.82) is 0 Å². The van der Waals surface area contributed by atoms with E-state index in [1.54, 1.807) is 11.3 Å². The van der Waals surface area contributed by atoms with Gasteiger partial charge in [-0.3, -0.25) is 4.40 Å². The monoisotopic (exact) mass is 237 g/mol. The minimum atomic E-state index is 0.274. The van der Waals surface area contributed by atoms with Crippen LogP contribution in [-0.4, -0.2) is 29.1 Å². The van der Waals surface area contributed by atoms with Crippen LogP contribution in [0.3, 0.4) is 0 Å². The molecule has 0 aromatic carbocycles. The molecule has 4 nitrogen and oxygen atoms in total. The summed E-state index contributed by atoms with van der Waals surface area (Å²) in [6.07, 6.45) is 1.96. The topological polar surface area (TPSA) is 38.6 Å². The van der Waals surface area contributed by atoms with Crippen molar-refractivity contribution in [2.45, 2.75) is 19.9 Å². The van der Waals surface area contributed by atoms with Crippen LogP contribution in [0.15, 0.2) is 6.20 Å². The molecule has 1 saturated heterocycles. The molecule has 1 fully saturated rings. The van der Waals surface area contributed by atoms with E-state index in [9.17, 15) is 0 Å². The molecule has 0 saturated carbocycles. The van der Waals surface area contributed by atoms with E-state index in [1.165, 1.54) is 16.3 Å². The molecular weight excluding hydrogens is 222 g/mol. The summed E-state index contributed by atoms with van der Waals surface area (Å²) in [6, 6.07) is 0.274. The summed E-state index contributed by atoms with van der Waals surface area (Å²) in [7, 11) is 0. The number of aryl methyl sites for hydroxylation is 2. The number of thiazole rings is 1. The average molecular weight is 237 g/mol. The predicted molar refractivity (Wildman–Crippen MR) is 64.1 cm³/mol. The van der Waals surface area contributed by atoms with Crippen LogP contribution in [0.25, 0.3) is 4.96 Å². The highest BCUT2D eigenvalue weighted by Gasteiger charge is 2.21. The first-order valence-electron chi connectivity index (χ1n) is 5.52. The van der Waals surface area contributed by atoms with Gasteiger partial charge in [0.1, 0.15) is 0 Å². The van der Waals surface area contributed by atoms with Crippen molar-refractivity contribution in [1.82, 2.24) is 14.7 Å². The zero-order valence-corrected chi connectivity index (χ0v) is 10.3. The molecule has 1 aliphatic rings. The highest BCUT2D eigenvalue weighted by atomic mass is 32.1. The van der Waals surface area contributed by atoms with Gasteiger partial charge in [0.05, 0.1) is 31.1 Å². The molecule has 0 bridgehead atoms. The van der Waals surface area contributed by atoms with E-state index in [4.69, 9.17) is 4.74 Å². The van der Waals surface area contributed by atoms with Gasteiger partial charge in [0.25, 0.3) is 0 Å². The lowest BCUT2D eigenvalue weighted by Gasteiger charge is -2.23. The highest BCUT2D eigenvalue weighted by molar-refractivity contribution is 7.17. The molecule has 0 amide bonds. The predicted octanol–water partition coefficient (Wildman–Crippen LogP) is 1.67. The van der Waals surface area contributed by atoms with Gasteiger partial charge in [-0.15, -0.1) is 11.3 Å². The van der Waals surface area contributed by atoms with Crippen molar-refractivity contribution in [3.63, 3.8) is 0 Å². The third-order valence-corrected chi connectivity index (χ3v) is 4.20. The second-order valence-corrected chi connectivity index (χ2v) is 5.31. The van der Waals surface area contributed by atoms with Gasteiger partial charge in [-0.25, -0.2) is 4.98 Å². The van der Waals surface area contributed by atoms with Crippen LogP contribution < -0.4 is 5.32 Å². The van der Waals surface area contributed by atoms with Gasteiger partial charge in [-0.1, -0.05) is 0 Å². The van der Waals surface area contributed by atoms with Gasteiger partial charge in [0.15, 0.2) is 4.96 Å². The normalized spacial score (nSPS) is 21.8. The molecule has 86 valence electrons. The smallest absolute Gasteiger partial charge is 0.194 e. The summed E-state index contributed by atoms with van der Waals surface area (Å²) in [5.41, 5.74) is 2.51. The summed E-state index contributed by atoms with van der Waals surface area (Å²) >= 11 is 1.75. The SMILES string of the molecule is Cc1sc2ncc(C3COCCN3)n2c1C. The zero-order valence-electron chi connectivity index (χ0n) is 9.49. The first kappa shape index (κ1) is 10.3. The molecule has 3 rings (SSSR count). The average Bonchev–Trinajstić information content (AvgIpc) is 2.83. The molecule has 0 radical (unpaired) electrons. The Labute approximate surface area is 98.3 Å². The third kappa shape index (κ3) is 1.47. The van der Waals surface area contributed by atoms with Gasteiger partial charge >= 0.3 is 0 Å². The number of rotatable bonds is 1. The Morgan fingerprint density at radius 2 is 2.44 bits per heavy atom. The molecule has 16 heavy (non-hydrogen) atoms. The molecular formula is C11H15N3OS. The van der Waals surface area contributed by atoms with Gasteiger partial charge in [-0.2, -0.15) is 0 Å². The molecule has 0 aliphatic carbocycles. The minimum Gasteiger partial charge on any atom is -0.378 e. The van der Waals surface area contributed by atoms with Crippen molar-refractivity contribution in [3.8, 4) is 0 Å². The van der Waals surface area contributed by atoms with Crippen molar-refractivity contribution in [2.75, 3.05) is 19.8 Å². The number of ether oxygens (including phenoxy) is 1. The number of aromatic nitrogens is 2. The first-order chi connectivity index (χ1) is 7.77. The highest BCUT2D eigenvalue weighted by Crippen LogP contribution is 2.26. The lowest BCUT2D eigenvalue weighted by Crippen LogP contribution is -2.35. The van der Waals surface area contributed by atoms with Crippen molar-refractivity contribution in [3.05, 3.63) is 22.5 Å². The number of nitrogens with one attached hydrogen (secondary N) is 1. The Morgan fingerprint density at radius 1 is 1.56 bits per heavy atom. The Morgan fingerprint density at radius 3 is 3.19 bits per heavy atom. The lowest BCUT2D eigenvalue weighted by atomic mass is 10.2. The lowest BCUT2D eigenvalue weighted by molar-refractivity contribution is 0.0753. The fraction of sp³-hybridized carbons (Fsp3) is 0.545. The Balaban J connectivity index is 2.08. The maximum Gasteiger partial charge on any atom is 0.194 e. The molecule has 0 spiro atoms. The zero-order chi connectivity index (χ0) is 11.1. The number of imidazole rings is 1. The van der Waals surface area contributed by atoms with E-state index in [-0.39, 0.29) is 6.04 Å². The van der Waals surface area contributed by atoms with Crippen LogP contribution in [0.1, 0.15) is 22.3 Å². The van der Waals surface area contributed by atoms with Crippen LogP contribution in [-0.2, 0) is 4.74 Å². The van der Waals surface area contributed by atoms with E-state index in [0.717, 1.165) is 24.7 Å².